The number of hydrogen-bond acceptors (Lipinski definition) is 4. The Morgan fingerprint density at radius 3 is 3.00 bits per heavy atom. The van der Waals surface area contributed by atoms with E-state index in [-0.39, 0.29) is 17.8 Å². The van der Waals surface area contributed by atoms with Crippen LogP contribution in [-0.4, -0.2) is 34.4 Å². The second-order valence-electron chi connectivity index (χ2n) is 4.47. The Kier molecular flexibility index (Phi) is 3.86. The third kappa shape index (κ3) is 2.33. The fraction of sp³-hybridized carbons (Fsp3) is 0.500. The number of oxime groups is 1. The first-order valence-electron chi connectivity index (χ1n) is 5.97. The third-order valence-electron chi connectivity index (χ3n) is 3.28. The Labute approximate surface area is 110 Å². The van der Waals surface area contributed by atoms with E-state index in [1.165, 1.54) is 11.3 Å². The molecular weight excluding hydrogens is 250 g/mol. The highest BCUT2D eigenvalue weighted by molar-refractivity contribution is 7.12. The van der Waals surface area contributed by atoms with Crippen LogP contribution in [0.3, 0.4) is 0 Å². The highest BCUT2D eigenvalue weighted by atomic mass is 32.1. The molecule has 0 aromatic carbocycles. The number of carbonyl (C=O) groups is 1. The summed E-state index contributed by atoms with van der Waals surface area (Å²) in [5.74, 6) is 0.107. The molecule has 3 N–H and O–H groups in total. The van der Waals surface area contributed by atoms with Crippen molar-refractivity contribution in [3.63, 3.8) is 0 Å². The van der Waals surface area contributed by atoms with Gasteiger partial charge in [-0.2, -0.15) is 0 Å². The second kappa shape index (κ2) is 5.39. The van der Waals surface area contributed by atoms with E-state index >= 15 is 0 Å². The molecule has 18 heavy (non-hydrogen) atoms. The molecule has 2 heterocycles. The van der Waals surface area contributed by atoms with E-state index < -0.39 is 0 Å². The summed E-state index contributed by atoms with van der Waals surface area (Å²) >= 11 is 1.44. The first-order chi connectivity index (χ1) is 8.65. The molecule has 0 aliphatic carbocycles. The van der Waals surface area contributed by atoms with Crippen molar-refractivity contribution in [3.05, 3.63) is 21.9 Å². The number of nitrogens with two attached hydrogens (primary N) is 1. The van der Waals surface area contributed by atoms with Gasteiger partial charge in [0.25, 0.3) is 5.91 Å². The number of nitrogens with zero attached hydrogens (tertiary/aromatic N) is 2. The molecule has 0 spiro atoms. The number of amides is 1. The Hall–Kier alpha value is -1.56. The minimum atomic E-state index is -0.280. The lowest BCUT2D eigenvalue weighted by Gasteiger charge is -2.34. The number of hydrogen-bond donors (Lipinski definition) is 2. The Morgan fingerprint density at radius 1 is 1.61 bits per heavy atom. The second-order valence-corrected chi connectivity index (χ2v) is 5.38. The number of piperidine rings is 1. The van der Waals surface area contributed by atoms with Gasteiger partial charge in [0.15, 0.2) is 5.84 Å². The molecule has 1 unspecified atom stereocenters. The van der Waals surface area contributed by atoms with Gasteiger partial charge in [-0.3, -0.25) is 4.79 Å². The molecule has 1 aromatic rings. The molecule has 5 nitrogen and oxygen atoms in total. The van der Waals surface area contributed by atoms with Gasteiger partial charge in [-0.05, 0) is 43.2 Å². The van der Waals surface area contributed by atoms with Gasteiger partial charge in [-0.15, -0.1) is 11.3 Å². The highest BCUT2D eigenvalue weighted by Gasteiger charge is 2.31. The van der Waals surface area contributed by atoms with Crippen molar-refractivity contribution in [2.24, 2.45) is 10.9 Å². The van der Waals surface area contributed by atoms with Crippen molar-refractivity contribution in [3.8, 4) is 0 Å². The van der Waals surface area contributed by atoms with Crippen molar-refractivity contribution in [2.75, 3.05) is 6.54 Å². The zero-order chi connectivity index (χ0) is 13.1. The first kappa shape index (κ1) is 12.9. The van der Waals surface area contributed by atoms with E-state index in [9.17, 15) is 4.79 Å². The number of carbonyl (C=O) groups excluding carboxylic acids is 1. The fourth-order valence-electron chi connectivity index (χ4n) is 2.27. The molecule has 1 saturated heterocycles. The van der Waals surface area contributed by atoms with Gasteiger partial charge >= 0.3 is 0 Å². The highest BCUT2D eigenvalue weighted by Crippen LogP contribution is 2.24. The smallest absolute Gasteiger partial charge is 0.264 e. The maximum atomic E-state index is 12.5. The number of likely N-dealkylation sites (tertiary alicyclic amines) is 1. The summed E-state index contributed by atoms with van der Waals surface area (Å²) in [5, 5.41) is 13.8. The van der Waals surface area contributed by atoms with Crippen molar-refractivity contribution in [1.29, 1.82) is 0 Å². The van der Waals surface area contributed by atoms with E-state index in [1.807, 2.05) is 18.4 Å². The van der Waals surface area contributed by atoms with Crippen molar-refractivity contribution in [1.82, 2.24) is 4.90 Å². The van der Waals surface area contributed by atoms with Crippen LogP contribution in [0.4, 0.5) is 0 Å². The largest absolute Gasteiger partial charge is 0.409 e. The van der Waals surface area contributed by atoms with Gasteiger partial charge in [0, 0.05) is 6.54 Å². The normalized spacial score (nSPS) is 21.1. The molecule has 1 aromatic heterocycles. The molecule has 2 rings (SSSR count). The van der Waals surface area contributed by atoms with E-state index in [0.717, 1.165) is 29.7 Å². The van der Waals surface area contributed by atoms with Crippen LogP contribution in [0.2, 0.25) is 0 Å². The van der Waals surface area contributed by atoms with Crippen LogP contribution >= 0.6 is 11.3 Å². The van der Waals surface area contributed by atoms with Crippen LogP contribution in [0.1, 0.15) is 34.5 Å². The molecule has 0 bridgehead atoms. The Bertz CT molecular complexity index is 470. The minimum absolute atomic E-state index is 0.0150. The minimum Gasteiger partial charge on any atom is -0.409 e. The molecule has 0 saturated carbocycles. The van der Waals surface area contributed by atoms with E-state index in [1.54, 1.807) is 4.90 Å². The SMILES string of the molecule is Cc1ccsc1C(=O)N1CCCCC1C(N)=NO. The Balaban J connectivity index is 2.24. The Morgan fingerprint density at radius 2 is 2.39 bits per heavy atom. The summed E-state index contributed by atoms with van der Waals surface area (Å²) in [6, 6.07) is 1.65. The van der Waals surface area contributed by atoms with E-state index in [4.69, 9.17) is 10.9 Å². The summed E-state index contributed by atoms with van der Waals surface area (Å²) in [6.07, 6.45) is 2.71. The molecule has 1 amide bonds. The molecule has 0 radical (unpaired) electrons. The summed E-state index contributed by atoms with van der Waals surface area (Å²) in [6.45, 7) is 2.59. The first-order valence-corrected chi connectivity index (χ1v) is 6.85. The van der Waals surface area contributed by atoms with Crippen LogP contribution in [0, 0.1) is 6.92 Å². The molecular formula is C12H17N3O2S. The van der Waals surface area contributed by atoms with Crippen LogP contribution in [0.25, 0.3) is 0 Å². The van der Waals surface area contributed by atoms with Crippen LogP contribution < -0.4 is 5.73 Å². The lowest BCUT2D eigenvalue weighted by Crippen LogP contribution is -2.50. The maximum Gasteiger partial charge on any atom is 0.264 e. The van der Waals surface area contributed by atoms with E-state index in [2.05, 4.69) is 5.16 Å². The molecule has 1 fully saturated rings. The zero-order valence-corrected chi connectivity index (χ0v) is 11.1. The summed E-state index contributed by atoms with van der Waals surface area (Å²) in [7, 11) is 0. The van der Waals surface area contributed by atoms with Crippen LogP contribution in [0.5, 0.6) is 0 Å². The predicted molar refractivity (Wildman–Crippen MR) is 71.1 cm³/mol. The standard InChI is InChI=1S/C12H17N3O2S/c1-8-5-7-18-10(8)12(16)15-6-3-2-4-9(15)11(13)14-17/h5,7,9,17H,2-4,6H2,1H3,(H2,13,14). The fourth-order valence-corrected chi connectivity index (χ4v) is 3.15. The van der Waals surface area contributed by atoms with Gasteiger partial charge in [0.05, 0.1) is 10.9 Å². The van der Waals surface area contributed by atoms with Gasteiger partial charge in [0.2, 0.25) is 0 Å². The average molecular weight is 267 g/mol. The average Bonchev–Trinajstić information content (AvgIpc) is 2.83. The monoisotopic (exact) mass is 267 g/mol. The van der Waals surface area contributed by atoms with Gasteiger partial charge in [0.1, 0.15) is 0 Å². The summed E-state index contributed by atoms with van der Waals surface area (Å²) < 4.78 is 0. The quantitative estimate of drug-likeness (QED) is 0.371. The topological polar surface area (TPSA) is 78.9 Å². The predicted octanol–water partition coefficient (Wildman–Crippen LogP) is 1.80. The van der Waals surface area contributed by atoms with E-state index in [0.29, 0.717) is 6.54 Å². The van der Waals surface area contributed by atoms with Crippen molar-refractivity contribution >= 4 is 23.1 Å². The number of rotatable bonds is 2. The summed E-state index contributed by atoms with van der Waals surface area (Å²) in [4.78, 5) is 14.9. The van der Waals surface area contributed by atoms with Crippen LogP contribution in [-0.2, 0) is 0 Å². The zero-order valence-electron chi connectivity index (χ0n) is 10.3. The molecule has 98 valence electrons. The van der Waals surface area contributed by atoms with Crippen molar-refractivity contribution < 1.29 is 10.0 Å². The lowest BCUT2D eigenvalue weighted by molar-refractivity contribution is 0.0681. The van der Waals surface area contributed by atoms with Gasteiger partial charge in [-0.25, -0.2) is 0 Å². The molecule has 1 atom stereocenters. The molecule has 1 aliphatic heterocycles. The van der Waals surface area contributed by atoms with Crippen molar-refractivity contribution in [2.45, 2.75) is 32.2 Å². The number of aryl methyl sites for hydroxylation is 1. The number of amidine groups is 1. The lowest BCUT2D eigenvalue weighted by atomic mass is 10.0. The number of thiophene rings is 1. The summed E-state index contributed by atoms with van der Waals surface area (Å²) in [5.41, 5.74) is 6.66. The maximum absolute atomic E-state index is 12.5. The third-order valence-corrected chi connectivity index (χ3v) is 4.28. The molecule has 1 aliphatic rings. The van der Waals surface area contributed by atoms with Gasteiger partial charge < -0.3 is 15.8 Å². The van der Waals surface area contributed by atoms with Gasteiger partial charge in [-0.1, -0.05) is 5.16 Å². The van der Waals surface area contributed by atoms with Crippen LogP contribution in [0.15, 0.2) is 16.6 Å². The molecule has 6 heteroatoms.